The second-order valence-electron chi connectivity index (χ2n) is 15.0. The molecule has 5 aliphatic rings. The van der Waals surface area contributed by atoms with E-state index < -0.39 is 0 Å². The van der Waals surface area contributed by atoms with Crippen molar-refractivity contribution in [3.8, 4) is 0 Å². The maximum Gasteiger partial charge on any atom is 0.138 e. The van der Waals surface area contributed by atoms with E-state index in [-0.39, 0.29) is 27.8 Å². The topological polar surface area (TPSA) is 37.3 Å². The highest BCUT2D eigenvalue weighted by molar-refractivity contribution is 5.85. The van der Waals surface area contributed by atoms with Crippen LogP contribution in [0.15, 0.2) is 11.6 Å². The SMILES string of the molecule is CC1(C)C(=O)CC[C@@]2(C)C1CC[C@]1(C)C2CCC2C3=CC(C)(C)[C@H](O)C[C@]3(C)CC[C@]21C. The molecule has 0 bridgehead atoms. The van der Waals surface area contributed by atoms with Crippen molar-refractivity contribution in [2.24, 2.45) is 50.2 Å². The van der Waals surface area contributed by atoms with Crippen molar-refractivity contribution in [1.82, 2.24) is 0 Å². The summed E-state index contributed by atoms with van der Waals surface area (Å²) in [6, 6.07) is 0. The van der Waals surface area contributed by atoms with Crippen LogP contribution >= 0.6 is 0 Å². The van der Waals surface area contributed by atoms with Crippen molar-refractivity contribution < 1.29 is 9.90 Å². The Bertz CT molecular complexity index is 866. The molecule has 0 radical (unpaired) electrons. The van der Waals surface area contributed by atoms with Gasteiger partial charge in [0, 0.05) is 17.3 Å². The summed E-state index contributed by atoms with van der Waals surface area (Å²) in [4.78, 5) is 12.9. The number of fused-ring (bicyclic) bond motifs is 7. The Kier molecular flexibility index (Phi) is 4.71. The summed E-state index contributed by atoms with van der Waals surface area (Å²) >= 11 is 0. The molecule has 2 nitrogen and oxygen atoms in total. The van der Waals surface area contributed by atoms with Gasteiger partial charge in [-0.05, 0) is 90.8 Å². The molecule has 5 rings (SSSR count). The van der Waals surface area contributed by atoms with Crippen LogP contribution in [0.4, 0.5) is 0 Å². The molecular weight excluding hydrogens is 392 g/mol. The number of Topliss-reactive ketones (excluding diaryl/α,β-unsaturated/α-hetero) is 1. The molecule has 0 aliphatic heterocycles. The minimum Gasteiger partial charge on any atom is -0.392 e. The Morgan fingerprint density at radius 1 is 0.812 bits per heavy atom. The van der Waals surface area contributed by atoms with Gasteiger partial charge in [0.1, 0.15) is 5.78 Å². The fraction of sp³-hybridized carbons (Fsp3) is 0.900. The van der Waals surface area contributed by atoms with Crippen molar-refractivity contribution in [3.63, 3.8) is 0 Å². The Morgan fingerprint density at radius 2 is 1.50 bits per heavy atom. The van der Waals surface area contributed by atoms with E-state index in [0.29, 0.717) is 28.4 Å². The zero-order valence-electron chi connectivity index (χ0n) is 22.1. The Hall–Kier alpha value is -0.630. The largest absolute Gasteiger partial charge is 0.392 e. The number of hydrogen-bond donors (Lipinski definition) is 1. The molecule has 0 aromatic heterocycles. The number of aliphatic hydroxyl groups is 1. The Labute approximate surface area is 197 Å². The molecule has 32 heavy (non-hydrogen) atoms. The summed E-state index contributed by atoms with van der Waals surface area (Å²) in [6.07, 6.45) is 12.7. The number of ketones is 1. The third-order valence-electron chi connectivity index (χ3n) is 12.9. The van der Waals surface area contributed by atoms with E-state index in [1.54, 1.807) is 5.57 Å². The molecule has 0 saturated heterocycles. The smallest absolute Gasteiger partial charge is 0.138 e. The van der Waals surface area contributed by atoms with Gasteiger partial charge < -0.3 is 5.11 Å². The fourth-order valence-corrected chi connectivity index (χ4v) is 10.5. The van der Waals surface area contributed by atoms with Crippen molar-refractivity contribution >= 4 is 5.78 Å². The van der Waals surface area contributed by atoms with Crippen molar-refractivity contribution in [2.45, 2.75) is 119 Å². The average molecular weight is 441 g/mol. The summed E-state index contributed by atoms with van der Waals surface area (Å²) in [6.45, 7) is 19.3. The van der Waals surface area contributed by atoms with Gasteiger partial charge in [-0.25, -0.2) is 0 Å². The van der Waals surface area contributed by atoms with Gasteiger partial charge in [0.15, 0.2) is 0 Å². The van der Waals surface area contributed by atoms with Crippen molar-refractivity contribution in [1.29, 1.82) is 0 Å². The molecule has 180 valence electrons. The molecule has 4 fully saturated rings. The summed E-state index contributed by atoms with van der Waals surface area (Å²) in [5.74, 6) is 2.40. The minimum absolute atomic E-state index is 0.123. The van der Waals surface area contributed by atoms with E-state index >= 15 is 0 Å². The summed E-state index contributed by atoms with van der Waals surface area (Å²) in [7, 11) is 0. The number of hydrogen-bond acceptors (Lipinski definition) is 2. The highest BCUT2D eigenvalue weighted by Gasteiger charge is 2.68. The van der Waals surface area contributed by atoms with Gasteiger partial charge in [-0.15, -0.1) is 0 Å². The van der Waals surface area contributed by atoms with Crippen LogP contribution in [0.3, 0.4) is 0 Å². The molecule has 2 heteroatoms. The van der Waals surface area contributed by atoms with E-state index in [1.165, 1.54) is 38.5 Å². The molecule has 0 amide bonds. The first-order valence-corrected chi connectivity index (χ1v) is 13.6. The van der Waals surface area contributed by atoms with Gasteiger partial charge >= 0.3 is 0 Å². The number of rotatable bonds is 0. The zero-order valence-corrected chi connectivity index (χ0v) is 22.1. The number of allylic oxidation sites excluding steroid dienone is 1. The normalized spacial score (nSPS) is 53.9. The van der Waals surface area contributed by atoms with E-state index in [2.05, 4.69) is 61.5 Å². The first kappa shape index (κ1) is 23.1. The van der Waals surface area contributed by atoms with Crippen molar-refractivity contribution in [2.75, 3.05) is 0 Å². The zero-order chi connectivity index (χ0) is 23.5. The summed E-state index contributed by atoms with van der Waals surface area (Å²) < 4.78 is 0. The van der Waals surface area contributed by atoms with Crippen LogP contribution in [0.25, 0.3) is 0 Å². The number of carbonyl (C=O) groups is 1. The van der Waals surface area contributed by atoms with Gasteiger partial charge in [0.05, 0.1) is 6.10 Å². The first-order chi connectivity index (χ1) is 14.6. The van der Waals surface area contributed by atoms with Crippen molar-refractivity contribution in [3.05, 3.63) is 11.6 Å². The predicted octanol–water partition coefficient (Wildman–Crippen LogP) is 7.35. The van der Waals surface area contributed by atoms with Gasteiger partial charge in [0.2, 0.25) is 0 Å². The molecule has 0 aromatic rings. The van der Waals surface area contributed by atoms with Crippen LogP contribution in [-0.4, -0.2) is 17.0 Å². The van der Waals surface area contributed by atoms with Crippen LogP contribution in [0, 0.1) is 50.2 Å². The third-order valence-corrected chi connectivity index (χ3v) is 12.9. The lowest BCUT2D eigenvalue weighted by molar-refractivity contribution is -0.212. The summed E-state index contributed by atoms with van der Waals surface area (Å²) in [5.41, 5.74) is 2.51. The maximum atomic E-state index is 12.9. The van der Waals surface area contributed by atoms with E-state index in [1.807, 2.05) is 0 Å². The van der Waals surface area contributed by atoms with Crippen LogP contribution in [-0.2, 0) is 4.79 Å². The standard InChI is InChI=1S/C30H48O2/c1-25(2)17-20-19-9-10-22-28(6)13-12-23(31)26(3,4)21(28)11-14-30(22,8)29(19,7)16-15-27(20,5)18-24(25)32/h17,19,21-22,24,32H,9-16,18H2,1-8H3/t19?,21?,22?,24-,27+,28+,29-,30-/m1/s1. The molecule has 5 aliphatic carbocycles. The lowest BCUT2D eigenvalue weighted by atomic mass is 9.32. The van der Waals surface area contributed by atoms with Crippen LogP contribution < -0.4 is 0 Å². The molecule has 8 atom stereocenters. The van der Waals surface area contributed by atoms with Gasteiger partial charge in [-0.1, -0.05) is 67.0 Å². The predicted molar refractivity (Wildman–Crippen MR) is 131 cm³/mol. The monoisotopic (exact) mass is 440 g/mol. The van der Waals surface area contributed by atoms with Gasteiger partial charge in [-0.3, -0.25) is 4.79 Å². The molecule has 3 unspecified atom stereocenters. The van der Waals surface area contributed by atoms with E-state index in [4.69, 9.17) is 0 Å². The quantitative estimate of drug-likeness (QED) is 0.400. The Balaban J connectivity index is 1.57. The van der Waals surface area contributed by atoms with Crippen LogP contribution in [0.2, 0.25) is 0 Å². The lowest BCUT2D eigenvalue weighted by Crippen LogP contribution is -2.65. The van der Waals surface area contributed by atoms with Gasteiger partial charge in [0.25, 0.3) is 0 Å². The van der Waals surface area contributed by atoms with Crippen LogP contribution in [0.1, 0.15) is 113 Å². The number of carbonyl (C=O) groups excluding carboxylic acids is 1. The molecule has 0 heterocycles. The maximum absolute atomic E-state index is 12.9. The molecule has 0 aromatic carbocycles. The average Bonchev–Trinajstić information content (AvgIpc) is 2.68. The van der Waals surface area contributed by atoms with E-state index in [0.717, 1.165) is 25.2 Å². The third kappa shape index (κ3) is 2.65. The molecule has 1 N–H and O–H groups in total. The first-order valence-electron chi connectivity index (χ1n) is 13.6. The van der Waals surface area contributed by atoms with Gasteiger partial charge in [-0.2, -0.15) is 0 Å². The number of aliphatic hydroxyl groups excluding tert-OH is 1. The molecular formula is C30H48O2. The van der Waals surface area contributed by atoms with Crippen LogP contribution in [0.5, 0.6) is 0 Å². The highest BCUT2D eigenvalue weighted by atomic mass is 16.3. The molecule has 4 saturated carbocycles. The molecule has 0 spiro atoms. The van der Waals surface area contributed by atoms with E-state index in [9.17, 15) is 9.90 Å². The minimum atomic E-state index is -0.233. The highest BCUT2D eigenvalue weighted by Crippen LogP contribution is 2.76. The fourth-order valence-electron chi connectivity index (χ4n) is 10.5. The second-order valence-corrected chi connectivity index (χ2v) is 15.0. The summed E-state index contributed by atoms with van der Waals surface area (Å²) in [5, 5.41) is 10.9. The Morgan fingerprint density at radius 3 is 2.19 bits per heavy atom. The second kappa shape index (κ2) is 6.52. The lowest BCUT2D eigenvalue weighted by Gasteiger charge is -2.72.